The van der Waals surface area contributed by atoms with Crippen molar-refractivity contribution in [1.29, 1.82) is 0 Å². The van der Waals surface area contributed by atoms with Crippen molar-refractivity contribution in [2.75, 3.05) is 0 Å². The number of ketones is 1. The first-order valence-electron chi connectivity index (χ1n) is 6.73. The van der Waals surface area contributed by atoms with Gasteiger partial charge in [0.2, 0.25) is 0 Å². The summed E-state index contributed by atoms with van der Waals surface area (Å²) in [5, 5.41) is 0. The zero-order valence-corrected chi connectivity index (χ0v) is 12.4. The van der Waals surface area contributed by atoms with E-state index in [2.05, 4.69) is 0 Å². The average Bonchev–Trinajstić information content (AvgIpc) is 2.51. The molecule has 0 N–H and O–H groups in total. The lowest BCUT2D eigenvalue weighted by atomic mass is 9.90. The van der Waals surface area contributed by atoms with E-state index in [0.29, 0.717) is 0 Å². The Morgan fingerprint density at radius 2 is 1.12 bits per heavy atom. The zero-order valence-electron chi connectivity index (χ0n) is 12.4. The zero-order chi connectivity index (χ0) is 19.9. The number of carbonyl (C=O) groups excluding carboxylic acids is 1. The van der Waals surface area contributed by atoms with Gasteiger partial charge < -0.3 is 0 Å². The molecule has 0 spiro atoms. The molecule has 0 fully saturated rings. The Morgan fingerprint density at radius 3 is 1.54 bits per heavy atom. The topological polar surface area (TPSA) is 17.1 Å². The van der Waals surface area contributed by atoms with E-state index in [1.54, 1.807) is 0 Å². The SMILES string of the molecule is O=C(c1ccccc1)c1ccc(C(F)(F)F)c(C(F)(F)F)c1C(F)(F)F. The second-order valence-corrected chi connectivity index (χ2v) is 5.10. The summed E-state index contributed by atoms with van der Waals surface area (Å²) in [6.07, 6.45) is -17.5. The Balaban J connectivity index is 2.90. The van der Waals surface area contributed by atoms with Gasteiger partial charge in [0, 0.05) is 11.1 Å². The maximum absolute atomic E-state index is 13.3. The molecule has 2 aromatic carbocycles. The fourth-order valence-corrected chi connectivity index (χ4v) is 2.36. The third kappa shape index (κ3) is 3.83. The fraction of sp³-hybridized carbons (Fsp3) is 0.188. The summed E-state index contributed by atoms with van der Waals surface area (Å²) in [7, 11) is 0. The van der Waals surface area contributed by atoms with Gasteiger partial charge in [-0.1, -0.05) is 30.3 Å². The number of rotatable bonds is 2. The molecule has 2 aromatic rings. The van der Waals surface area contributed by atoms with E-state index in [1.165, 1.54) is 18.2 Å². The minimum atomic E-state index is -5.98. The van der Waals surface area contributed by atoms with Gasteiger partial charge in [-0.2, -0.15) is 39.5 Å². The molecule has 0 aliphatic carbocycles. The molecule has 0 aromatic heterocycles. The van der Waals surface area contributed by atoms with E-state index in [0.717, 1.165) is 12.1 Å². The lowest BCUT2D eigenvalue weighted by Crippen LogP contribution is -2.26. The van der Waals surface area contributed by atoms with Crippen LogP contribution in [-0.2, 0) is 18.5 Å². The van der Waals surface area contributed by atoms with Crippen LogP contribution in [0.15, 0.2) is 42.5 Å². The van der Waals surface area contributed by atoms with E-state index in [-0.39, 0.29) is 12.1 Å². The second kappa shape index (κ2) is 6.33. The molecule has 0 heterocycles. The van der Waals surface area contributed by atoms with Crippen LogP contribution in [-0.4, -0.2) is 5.78 Å². The average molecular weight is 386 g/mol. The molecule has 10 heteroatoms. The maximum Gasteiger partial charge on any atom is 0.417 e. The van der Waals surface area contributed by atoms with Crippen molar-refractivity contribution in [3.8, 4) is 0 Å². The lowest BCUT2D eigenvalue weighted by molar-refractivity contribution is -0.174. The first kappa shape index (κ1) is 19.8. The van der Waals surface area contributed by atoms with E-state index >= 15 is 0 Å². The van der Waals surface area contributed by atoms with Crippen LogP contribution in [0.5, 0.6) is 0 Å². The standard InChI is InChI=1S/C16H7F9O/c17-14(18,19)10-7-6-9(13(26)8-4-2-1-3-5-8)11(15(20,21)22)12(10)16(23,24)25/h1-7H. The molecule has 0 saturated heterocycles. The lowest BCUT2D eigenvalue weighted by Gasteiger charge is -2.23. The van der Waals surface area contributed by atoms with Crippen LogP contribution in [0, 0.1) is 0 Å². The highest BCUT2D eigenvalue weighted by Gasteiger charge is 2.51. The molecule has 0 radical (unpaired) electrons. The number of halogens is 9. The molecule has 2 rings (SSSR count). The van der Waals surface area contributed by atoms with Gasteiger partial charge in [0.1, 0.15) is 0 Å². The minimum absolute atomic E-state index is 0.107. The number of alkyl halides is 9. The quantitative estimate of drug-likeness (QED) is 0.459. The van der Waals surface area contributed by atoms with Crippen LogP contribution < -0.4 is 0 Å². The Labute approximate surface area is 140 Å². The third-order valence-corrected chi connectivity index (χ3v) is 3.36. The molecule has 1 nitrogen and oxygen atoms in total. The summed E-state index contributed by atoms with van der Waals surface area (Å²) in [4.78, 5) is 12.2. The molecule has 0 atom stereocenters. The smallest absolute Gasteiger partial charge is 0.289 e. The summed E-state index contributed by atoms with van der Waals surface area (Å²) >= 11 is 0. The number of hydrogen-bond acceptors (Lipinski definition) is 1. The van der Waals surface area contributed by atoms with Crippen LogP contribution in [0.25, 0.3) is 0 Å². The highest BCUT2D eigenvalue weighted by Crippen LogP contribution is 2.48. The predicted molar refractivity (Wildman–Crippen MR) is 71.3 cm³/mol. The summed E-state index contributed by atoms with van der Waals surface area (Å²) < 4.78 is 118. The van der Waals surface area contributed by atoms with Crippen molar-refractivity contribution in [3.63, 3.8) is 0 Å². The van der Waals surface area contributed by atoms with Crippen LogP contribution in [0.3, 0.4) is 0 Å². The van der Waals surface area contributed by atoms with Crippen LogP contribution in [0.2, 0.25) is 0 Å². The molecule has 0 unspecified atom stereocenters. The van der Waals surface area contributed by atoms with Gasteiger partial charge in [0.25, 0.3) is 0 Å². The molecule has 140 valence electrons. The van der Waals surface area contributed by atoms with Crippen LogP contribution in [0.4, 0.5) is 39.5 Å². The van der Waals surface area contributed by atoms with E-state index in [9.17, 15) is 44.3 Å². The predicted octanol–water partition coefficient (Wildman–Crippen LogP) is 5.97. The summed E-state index contributed by atoms with van der Waals surface area (Å²) in [5.74, 6) is -1.47. The molecule has 0 aliphatic heterocycles. The highest BCUT2D eigenvalue weighted by atomic mass is 19.4. The normalized spacial score (nSPS) is 13.0. The van der Waals surface area contributed by atoms with E-state index in [4.69, 9.17) is 0 Å². The van der Waals surface area contributed by atoms with Crippen LogP contribution >= 0.6 is 0 Å². The van der Waals surface area contributed by atoms with Gasteiger partial charge >= 0.3 is 18.5 Å². The first-order valence-corrected chi connectivity index (χ1v) is 6.73. The molecule has 26 heavy (non-hydrogen) atoms. The van der Waals surface area contributed by atoms with Crippen LogP contribution in [0.1, 0.15) is 32.6 Å². The van der Waals surface area contributed by atoms with Crippen molar-refractivity contribution in [3.05, 3.63) is 70.3 Å². The minimum Gasteiger partial charge on any atom is -0.289 e. The van der Waals surface area contributed by atoms with Crippen molar-refractivity contribution in [2.45, 2.75) is 18.5 Å². The first-order chi connectivity index (χ1) is 11.7. The van der Waals surface area contributed by atoms with Crippen molar-refractivity contribution in [1.82, 2.24) is 0 Å². The van der Waals surface area contributed by atoms with Gasteiger partial charge in [0.05, 0.1) is 16.7 Å². The highest BCUT2D eigenvalue weighted by molar-refractivity contribution is 6.10. The molecule has 0 saturated carbocycles. The van der Waals surface area contributed by atoms with E-state index in [1.807, 2.05) is 0 Å². The second-order valence-electron chi connectivity index (χ2n) is 5.10. The molecule has 0 bridgehead atoms. The number of hydrogen-bond donors (Lipinski definition) is 0. The number of benzene rings is 2. The summed E-state index contributed by atoms with van der Waals surface area (Å²) in [6.45, 7) is 0. The summed E-state index contributed by atoms with van der Waals surface area (Å²) in [5.41, 5.74) is -10.0. The van der Waals surface area contributed by atoms with Gasteiger partial charge in [0.15, 0.2) is 5.78 Å². The Hall–Kier alpha value is -2.52. The Morgan fingerprint density at radius 1 is 0.615 bits per heavy atom. The molecular weight excluding hydrogens is 379 g/mol. The fourth-order valence-electron chi connectivity index (χ4n) is 2.36. The van der Waals surface area contributed by atoms with Crippen molar-refractivity contribution < 1.29 is 44.3 Å². The molecule has 0 aliphatic rings. The Kier molecular flexibility index (Phi) is 4.82. The molecule has 0 amide bonds. The van der Waals surface area contributed by atoms with Gasteiger partial charge in [-0.3, -0.25) is 4.79 Å². The van der Waals surface area contributed by atoms with Crippen molar-refractivity contribution in [2.24, 2.45) is 0 Å². The Bertz CT molecular complexity index is 815. The monoisotopic (exact) mass is 386 g/mol. The van der Waals surface area contributed by atoms with Gasteiger partial charge in [-0.05, 0) is 12.1 Å². The summed E-state index contributed by atoms with van der Waals surface area (Å²) in [6, 6.07) is 5.89. The third-order valence-electron chi connectivity index (χ3n) is 3.36. The molecular formula is C16H7F9O. The largest absolute Gasteiger partial charge is 0.417 e. The number of carbonyl (C=O) groups is 1. The van der Waals surface area contributed by atoms with E-state index < -0.39 is 52.1 Å². The van der Waals surface area contributed by atoms with Crippen molar-refractivity contribution >= 4 is 5.78 Å². The van der Waals surface area contributed by atoms with Gasteiger partial charge in [-0.15, -0.1) is 0 Å². The van der Waals surface area contributed by atoms with Gasteiger partial charge in [-0.25, -0.2) is 0 Å². The maximum atomic E-state index is 13.3.